The molecule has 4 aromatic rings. The molecular weight excluding hydrogens is 605 g/mol. The Morgan fingerprint density at radius 1 is 0.580 bits per heavy atom. The minimum atomic E-state index is 0.281. The number of anilines is 5. The molecule has 4 aromatic carbocycles. The van der Waals surface area contributed by atoms with Gasteiger partial charge in [-0.3, -0.25) is 0 Å². The SMILES string of the molecule is C1=CCC(c2ccc(N(c3ccc(C4=CCCC=C4)cc3)c3ccc4c(c3)N(c3cccc(C5C=CC=CC5)c3)C3CC=CC=C43)cc2)C=C1. The predicted molar refractivity (Wildman–Crippen MR) is 213 cm³/mol. The molecule has 0 saturated carbocycles. The van der Waals surface area contributed by atoms with Gasteiger partial charge < -0.3 is 9.80 Å². The Balaban J connectivity index is 1.14. The number of hydrogen-bond donors (Lipinski definition) is 0. The number of rotatable bonds is 7. The molecule has 2 nitrogen and oxygen atoms in total. The highest BCUT2D eigenvalue weighted by molar-refractivity contribution is 5.96. The minimum absolute atomic E-state index is 0.281. The summed E-state index contributed by atoms with van der Waals surface area (Å²) in [6.07, 6.45) is 36.9. The van der Waals surface area contributed by atoms with Crippen LogP contribution in [0.2, 0.25) is 0 Å². The van der Waals surface area contributed by atoms with Gasteiger partial charge in [-0.2, -0.15) is 0 Å². The summed E-state index contributed by atoms with van der Waals surface area (Å²) in [7, 11) is 0. The Bertz CT molecular complexity index is 2150. The number of allylic oxidation sites excluding steroid dienone is 14. The lowest BCUT2D eigenvalue weighted by atomic mass is 9.92. The molecule has 1 heterocycles. The molecule has 0 amide bonds. The van der Waals surface area contributed by atoms with Crippen molar-refractivity contribution in [3.05, 3.63) is 198 Å². The van der Waals surface area contributed by atoms with Crippen molar-refractivity contribution in [2.24, 2.45) is 0 Å². The topological polar surface area (TPSA) is 6.48 Å². The fourth-order valence-electron chi connectivity index (χ4n) is 8.23. The minimum Gasteiger partial charge on any atom is -0.333 e. The maximum atomic E-state index is 2.59. The van der Waals surface area contributed by atoms with Gasteiger partial charge in [-0.25, -0.2) is 0 Å². The van der Waals surface area contributed by atoms with E-state index in [1.807, 2.05) is 0 Å². The van der Waals surface area contributed by atoms with Gasteiger partial charge in [0.05, 0.1) is 11.7 Å². The fourth-order valence-corrected chi connectivity index (χ4v) is 8.23. The standard InChI is InChI=1S/C48H42N2/c1-4-13-35(14-5-1)38-23-27-41(28-24-38)49(42-29-25-39(26-30-42)36-15-6-2-7-16-36)44-31-32-46-45-21-10-11-22-47(45)50(48(46)34-44)43-20-12-19-40(33-43)37-17-8-3-9-18-37/h1,3-6,8-13,15-17,19-21,23-35,37,47H,2,7,14,18,22H2. The second kappa shape index (κ2) is 13.4. The normalized spacial score (nSPS) is 21.5. The van der Waals surface area contributed by atoms with Crippen LogP contribution in [-0.4, -0.2) is 6.04 Å². The molecule has 5 aliphatic rings. The molecular formula is C48H42N2. The van der Waals surface area contributed by atoms with Crippen molar-refractivity contribution in [3.63, 3.8) is 0 Å². The van der Waals surface area contributed by atoms with Crippen molar-refractivity contribution >= 4 is 39.6 Å². The fraction of sp³-hybridized carbons (Fsp3) is 0.167. The molecule has 0 N–H and O–H groups in total. The summed E-state index contributed by atoms with van der Waals surface area (Å²) in [5, 5.41) is 0. The van der Waals surface area contributed by atoms with Crippen molar-refractivity contribution in [2.45, 2.75) is 50.0 Å². The van der Waals surface area contributed by atoms with E-state index in [0.717, 1.165) is 49.2 Å². The van der Waals surface area contributed by atoms with Crippen LogP contribution in [0.25, 0.3) is 11.1 Å². The van der Waals surface area contributed by atoms with Crippen LogP contribution in [-0.2, 0) is 0 Å². The van der Waals surface area contributed by atoms with Crippen LogP contribution in [0.1, 0.15) is 66.2 Å². The first-order chi connectivity index (χ1) is 24.8. The molecule has 0 saturated heterocycles. The van der Waals surface area contributed by atoms with Gasteiger partial charge in [0.1, 0.15) is 0 Å². The predicted octanol–water partition coefficient (Wildman–Crippen LogP) is 13.0. The van der Waals surface area contributed by atoms with E-state index >= 15 is 0 Å². The van der Waals surface area contributed by atoms with E-state index in [1.165, 1.54) is 44.8 Å². The highest BCUT2D eigenvalue weighted by atomic mass is 15.2. The van der Waals surface area contributed by atoms with E-state index in [4.69, 9.17) is 0 Å². The molecule has 0 bridgehead atoms. The number of fused-ring (bicyclic) bond motifs is 3. The zero-order chi connectivity index (χ0) is 33.3. The molecule has 244 valence electrons. The zero-order valence-corrected chi connectivity index (χ0v) is 28.4. The summed E-state index contributed by atoms with van der Waals surface area (Å²) in [6.45, 7) is 0. The Morgan fingerprint density at radius 2 is 1.30 bits per heavy atom. The van der Waals surface area contributed by atoms with Crippen molar-refractivity contribution in [1.29, 1.82) is 0 Å². The van der Waals surface area contributed by atoms with Crippen LogP contribution in [0.4, 0.5) is 28.4 Å². The molecule has 2 heteroatoms. The van der Waals surface area contributed by atoms with E-state index < -0.39 is 0 Å². The highest BCUT2D eigenvalue weighted by Gasteiger charge is 2.36. The van der Waals surface area contributed by atoms with Gasteiger partial charge in [-0.05, 0) is 108 Å². The van der Waals surface area contributed by atoms with Gasteiger partial charge in [0, 0.05) is 40.1 Å². The smallest absolute Gasteiger partial charge is 0.0632 e. The van der Waals surface area contributed by atoms with Crippen molar-refractivity contribution in [1.82, 2.24) is 0 Å². The first-order valence-corrected chi connectivity index (χ1v) is 18.2. The molecule has 0 radical (unpaired) electrons. The molecule has 1 aliphatic heterocycles. The molecule has 3 atom stereocenters. The number of nitrogens with zero attached hydrogens (tertiary/aromatic N) is 2. The van der Waals surface area contributed by atoms with Gasteiger partial charge in [-0.15, -0.1) is 0 Å². The van der Waals surface area contributed by atoms with Crippen molar-refractivity contribution in [3.8, 4) is 0 Å². The van der Waals surface area contributed by atoms with Crippen LogP contribution < -0.4 is 9.80 Å². The summed E-state index contributed by atoms with van der Waals surface area (Å²) < 4.78 is 0. The van der Waals surface area contributed by atoms with Gasteiger partial charge in [0.2, 0.25) is 0 Å². The Kier molecular flexibility index (Phi) is 8.14. The molecule has 0 fully saturated rings. The average molecular weight is 647 g/mol. The lowest BCUT2D eigenvalue weighted by Crippen LogP contribution is -2.27. The largest absolute Gasteiger partial charge is 0.333 e. The first-order valence-electron chi connectivity index (χ1n) is 18.2. The van der Waals surface area contributed by atoms with Gasteiger partial charge in [-0.1, -0.05) is 128 Å². The van der Waals surface area contributed by atoms with Crippen LogP contribution >= 0.6 is 0 Å². The van der Waals surface area contributed by atoms with Crippen LogP contribution in [0.15, 0.2) is 176 Å². The summed E-state index contributed by atoms with van der Waals surface area (Å²) in [6, 6.07) is 35.0. The second-order valence-electron chi connectivity index (χ2n) is 13.9. The highest BCUT2D eigenvalue weighted by Crippen LogP contribution is 2.50. The monoisotopic (exact) mass is 646 g/mol. The summed E-state index contributed by atoms with van der Waals surface area (Å²) in [4.78, 5) is 5.02. The number of hydrogen-bond acceptors (Lipinski definition) is 2. The molecule has 0 spiro atoms. The Morgan fingerprint density at radius 3 is 2.02 bits per heavy atom. The van der Waals surface area contributed by atoms with Gasteiger partial charge >= 0.3 is 0 Å². The Hall–Kier alpha value is -5.60. The zero-order valence-electron chi connectivity index (χ0n) is 28.4. The third-order valence-corrected chi connectivity index (χ3v) is 10.8. The third kappa shape index (κ3) is 5.75. The third-order valence-electron chi connectivity index (χ3n) is 10.8. The van der Waals surface area contributed by atoms with Crippen LogP contribution in [0.3, 0.4) is 0 Å². The Labute approximate surface area is 296 Å². The first kappa shape index (κ1) is 30.5. The summed E-state index contributed by atoms with van der Waals surface area (Å²) >= 11 is 0. The maximum Gasteiger partial charge on any atom is 0.0632 e. The lowest BCUT2D eigenvalue weighted by molar-refractivity contribution is 0.821. The molecule has 0 aromatic heterocycles. The molecule has 50 heavy (non-hydrogen) atoms. The lowest BCUT2D eigenvalue weighted by Gasteiger charge is -2.31. The van der Waals surface area contributed by atoms with E-state index in [-0.39, 0.29) is 6.04 Å². The molecule has 3 unspecified atom stereocenters. The van der Waals surface area contributed by atoms with E-state index in [2.05, 4.69) is 186 Å². The average Bonchev–Trinajstić information content (AvgIpc) is 3.53. The van der Waals surface area contributed by atoms with Crippen LogP contribution in [0.5, 0.6) is 0 Å². The van der Waals surface area contributed by atoms with Crippen molar-refractivity contribution in [2.75, 3.05) is 9.80 Å². The van der Waals surface area contributed by atoms with Gasteiger partial charge in [0.15, 0.2) is 0 Å². The van der Waals surface area contributed by atoms with Gasteiger partial charge in [0.25, 0.3) is 0 Å². The van der Waals surface area contributed by atoms with E-state index in [1.54, 1.807) is 0 Å². The maximum absolute atomic E-state index is 2.59. The van der Waals surface area contributed by atoms with Crippen LogP contribution in [0, 0.1) is 0 Å². The summed E-state index contributed by atoms with van der Waals surface area (Å²) in [5.74, 6) is 0.837. The molecule has 9 rings (SSSR count). The number of benzene rings is 4. The van der Waals surface area contributed by atoms with E-state index in [0.29, 0.717) is 11.8 Å². The van der Waals surface area contributed by atoms with E-state index in [9.17, 15) is 0 Å². The quantitative estimate of drug-likeness (QED) is 0.197. The van der Waals surface area contributed by atoms with Crippen molar-refractivity contribution < 1.29 is 0 Å². The second-order valence-corrected chi connectivity index (χ2v) is 13.9. The summed E-state index contributed by atoms with van der Waals surface area (Å²) in [5.41, 5.74) is 14.1. The molecule has 4 aliphatic carbocycles.